The lowest BCUT2D eigenvalue weighted by Gasteiger charge is -2.42. The molecule has 0 aromatic heterocycles. The third-order valence-corrected chi connectivity index (χ3v) is 7.64. The smallest absolute Gasteiger partial charge is 0.319 e. The summed E-state index contributed by atoms with van der Waals surface area (Å²) < 4.78 is 5.02. The summed E-state index contributed by atoms with van der Waals surface area (Å²) >= 11 is 1.54. The van der Waals surface area contributed by atoms with Gasteiger partial charge in [0.1, 0.15) is 5.25 Å². The van der Waals surface area contributed by atoms with Crippen LogP contribution in [0.5, 0.6) is 0 Å². The second kappa shape index (κ2) is 8.26. The van der Waals surface area contributed by atoms with E-state index in [2.05, 4.69) is 4.90 Å². The SMILES string of the molecule is O=C1OCC[C@H]1Sc1ccc(C(=O)N2CCCC3(CCCCCC3)C2)cc1. The summed E-state index contributed by atoms with van der Waals surface area (Å²) in [6.45, 7) is 2.32. The predicted octanol–water partition coefficient (Wildman–Crippen LogP) is 4.67. The van der Waals surface area contributed by atoms with Gasteiger partial charge in [0.25, 0.3) is 5.91 Å². The highest BCUT2D eigenvalue weighted by atomic mass is 32.2. The molecule has 1 spiro atoms. The number of piperidine rings is 1. The Labute approximate surface area is 166 Å². The van der Waals surface area contributed by atoms with Crippen LogP contribution in [0.15, 0.2) is 29.2 Å². The van der Waals surface area contributed by atoms with Crippen molar-refractivity contribution in [3.05, 3.63) is 29.8 Å². The highest BCUT2D eigenvalue weighted by Crippen LogP contribution is 2.42. The second-order valence-electron chi connectivity index (χ2n) is 8.33. The van der Waals surface area contributed by atoms with E-state index in [1.807, 2.05) is 24.3 Å². The van der Waals surface area contributed by atoms with E-state index in [-0.39, 0.29) is 17.1 Å². The van der Waals surface area contributed by atoms with Crippen LogP contribution in [0.25, 0.3) is 0 Å². The molecule has 0 N–H and O–H groups in total. The lowest BCUT2D eigenvalue weighted by atomic mass is 9.74. The van der Waals surface area contributed by atoms with Gasteiger partial charge in [0, 0.05) is 30.0 Å². The summed E-state index contributed by atoms with van der Waals surface area (Å²) in [4.78, 5) is 27.8. The van der Waals surface area contributed by atoms with Gasteiger partial charge >= 0.3 is 5.97 Å². The maximum Gasteiger partial charge on any atom is 0.319 e. The Kier molecular flexibility index (Phi) is 5.76. The lowest BCUT2D eigenvalue weighted by molar-refractivity contribution is -0.137. The molecule has 1 amide bonds. The van der Waals surface area contributed by atoms with Gasteiger partial charge in [0.15, 0.2) is 0 Å². The molecule has 4 nitrogen and oxygen atoms in total. The van der Waals surface area contributed by atoms with Crippen LogP contribution in [0.1, 0.15) is 68.1 Å². The zero-order chi connectivity index (χ0) is 18.7. The molecule has 3 aliphatic rings. The molecule has 3 fully saturated rings. The van der Waals surface area contributed by atoms with Gasteiger partial charge in [-0.05, 0) is 55.4 Å². The van der Waals surface area contributed by atoms with Crippen molar-refractivity contribution in [2.45, 2.75) is 67.9 Å². The number of cyclic esters (lactones) is 1. The summed E-state index contributed by atoms with van der Waals surface area (Å²) in [7, 11) is 0. The van der Waals surface area contributed by atoms with Gasteiger partial charge < -0.3 is 9.64 Å². The van der Waals surface area contributed by atoms with E-state index in [1.54, 1.807) is 0 Å². The maximum absolute atomic E-state index is 13.1. The number of amides is 1. The number of nitrogens with zero attached hydrogens (tertiary/aromatic N) is 1. The van der Waals surface area contributed by atoms with Crippen LogP contribution >= 0.6 is 11.8 Å². The van der Waals surface area contributed by atoms with Crippen molar-refractivity contribution < 1.29 is 14.3 Å². The molecule has 1 aromatic rings. The van der Waals surface area contributed by atoms with Crippen molar-refractivity contribution in [2.24, 2.45) is 5.41 Å². The minimum Gasteiger partial charge on any atom is -0.465 e. The molecule has 0 bridgehead atoms. The van der Waals surface area contributed by atoms with Gasteiger partial charge in [-0.3, -0.25) is 9.59 Å². The lowest BCUT2D eigenvalue weighted by Crippen LogP contribution is -2.46. The molecule has 1 atom stereocenters. The Hall–Kier alpha value is -1.49. The van der Waals surface area contributed by atoms with Crippen LogP contribution in [0.4, 0.5) is 0 Å². The highest BCUT2D eigenvalue weighted by Gasteiger charge is 2.37. The standard InChI is InChI=1S/C22H29NO3S/c24-20(23-14-5-13-22(16-23)11-3-1-2-4-12-22)17-6-8-18(9-7-17)27-19-10-15-26-21(19)25/h6-9,19H,1-5,10-16H2/t19-/m1/s1. The van der Waals surface area contributed by atoms with Crippen molar-refractivity contribution >= 4 is 23.6 Å². The molecule has 1 aliphatic carbocycles. The van der Waals surface area contributed by atoms with Crippen LogP contribution in [0, 0.1) is 5.41 Å². The number of hydrogen-bond donors (Lipinski definition) is 0. The number of esters is 1. The number of hydrogen-bond acceptors (Lipinski definition) is 4. The topological polar surface area (TPSA) is 46.6 Å². The van der Waals surface area contributed by atoms with Gasteiger partial charge in [-0.25, -0.2) is 0 Å². The Morgan fingerprint density at radius 2 is 1.74 bits per heavy atom. The molecule has 2 heterocycles. The predicted molar refractivity (Wildman–Crippen MR) is 107 cm³/mol. The van der Waals surface area contributed by atoms with Crippen molar-refractivity contribution in [1.82, 2.24) is 4.90 Å². The zero-order valence-electron chi connectivity index (χ0n) is 16.0. The van der Waals surface area contributed by atoms with E-state index in [4.69, 9.17) is 4.74 Å². The first kappa shape index (κ1) is 18.9. The number of ether oxygens (including phenoxy) is 1. The van der Waals surface area contributed by atoms with E-state index in [0.29, 0.717) is 12.0 Å². The van der Waals surface area contributed by atoms with E-state index in [0.717, 1.165) is 36.4 Å². The van der Waals surface area contributed by atoms with E-state index >= 15 is 0 Å². The third-order valence-electron chi connectivity index (χ3n) is 6.38. The third kappa shape index (κ3) is 4.34. The fourth-order valence-electron chi connectivity index (χ4n) is 4.88. The molecular formula is C22H29NO3S. The zero-order valence-corrected chi connectivity index (χ0v) is 16.8. The summed E-state index contributed by atoms with van der Waals surface area (Å²) in [5, 5.41) is -0.108. The Morgan fingerprint density at radius 3 is 2.41 bits per heavy atom. The Balaban J connectivity index is 1.40. The summed E-state index contributed by atoms with van der Waals surface area (Å²) in [6, 6.07) is 7.77. The van der Waals surface area contributed by atoms with Crippen LogP contribution in [0.2, 0.25) is 0 Å². The number of likely N-dealkylation sites (tertiary alicyclic amines) is 1. The first-order valence-corrected chi connectivity index (χ1v) is 11.3. The van der Waals surface area contributed by atoms with Crippen molar-refractivity contribution in [3.8, 4) is 0 Å². The molecule has 5 heteroatoms. The van der Waals surface area contributed by atoms with Crippen molar-refractivity contribution in [2.75, 3.05) is 19.7 Å². The van der Waals surface area contributed by atoms with Crippen LogP contribution in [-0.4, -0.2) is 41.7 Å². The molecule has 4 rings (SSSR count). The van der Waals surface area contributed by atoms with Crippen LogP contribution in [-0.2, 0) is 9.53 Å². The first-order chi connectivity index (χ1) is 13.2. The van der Waals surface area contributed by atoms with Crippen LogP contribution < -0.4 is 0 Å². The van der Waals surface area contributed by atoms with E-state index < -0.39 is 0 Å². The number of benzene rings is 1. The minimum atomic E-state index is -0.123. The largest absolute Gasteiger partial charge is 0.465 e. The molecule has 1 aromatic carbocycles. The normalized spacial score (nSPS) is 25.3. The van der Waals surface area contributed by atoms with E-state index in [1.165, 1.54) is 56.7 Å². The van der Waals surface area contributed by atoms with Gasteiger partial charge in [0.05, 0.1) is 6.61 Å². The first-order valence-electron chi connectivity index (χ1n) is 10.4. The summed E-state index contributed by atoms with van der Waals surface area (Å²) in [5.41, 5.74) is 1.13. The van der Waals surface area contributed by atoms with Gasteiger partial charge in [-0.2, -0.15) is 0 Å². The van der Waals surface area contributed by atoms with Crippen LogP contribution in [0.3, 0.4) is 0 Å². The quantitative estimate of drug-likeness (QED) is 0.707. The monoisotopic (exact) mass is 387 g/mol. The Morgan fingerprint density at radius 1 is 1.04 bits per heavy atom. The molecule has 146 valence electrons. The minimum absolute atomic E-state index is 0.108. The number of thioether (sulfide) groups is 1. The average Bonchev–Trinajstić information content (AvgIpc) is 2.96. The molecule has 0 radical (unpaired) electrons. The summed E-state index contributed by atoms with van der Waals surface area (Å²) in [6.07, 6.45) is 11.1. The van der Waals surface area contributed by atoms with Gasteiger partial charge in [-0.1, -0.05) is 25.7 Å². The number of rotatable bonds is 3. The molecule has 2 aliphatic heterocycles. The molecular weight excluding hydrogens is 358 g/mol. The molecule has 0 unspecified atom stereocenters. The Bertz CT molecular complexity index is 679. The fourth-order valence-corrected chi connectivity index (χ4v) is 5.88. The maximum atomic E-state index is 13.1. The number of carbonyl (C=O) groups is 2. The van der Waals surface area contributed by atoms with Crippen molar-refractivity contribution in [3.63, 3.8) is 0 Å². The second-order valence-corrected chi connectivity index (χ2v) is 9.61. The van der Waals surface area contributed by atoms with Gasteiger partial charge in [0.2, 0.25) is 0 Å². The molecule has 1 saturated carbocycles. The van der Waals surface area contributed by atoms with Crippen molar-refractivity contribution in [1.29, 1.82) is 0 Å². The fraction of sp³-hybridized carbons (Fsp3) is 0.636. The highest BCUT2D eigenvalue weighted by molar-refractivity contribution is 8.00. The molecule has 27 heavy (non-hydrogen) atoms. The van der Waals surface area contributed by atoms with E-state index in [9.17, 15) is 9.59 Å². The molecule has 2 saturated heterocycles. The van der Waals surface area contributed by atoms with Gasteiger partial charge in [-0.15, -0.1) is 11.8 Å². The number of carbonyl (C=O) groups excluding carboxylic acids is 2. The summed E-state index contributed by atoms with van der Waals surface area (Å²) in [5.74, 6) is 0.0392. The average molecular weight is 388 g/mol.